The summed E-state index contributed by atoms with van der Waals surface area (Å²) in [7, 11) is 0. The minimum Gasteiger partial charge on any atom is -0.376 e. The Hall–Kier alpha value is -1.32. The standard InChI is InChI=1S/C17H20ClN3/c18-14-5-6-15(16-13(14)2-1-7-20-16)21-17(10-19)9-11-3-4-12(17)8-11/h1-2,5-7,11-12,21H,3-4,8-10,19H2. The van der Waals surface area contributed by atoms with Crippen LogP contribution in [0.5, 0.6) is 0 Å². The number of halogens is 1. The Morgan fingerprint density at radius 3 is 2.95 bits per heavy atom. The molecule has 21 heavy (non-hydrogen) atoms. The van der Waals surface area contributed by atoms with Crippen LogP contribution in [0, 0.1) is 11.8 Å². The van der Waals surface area contributed by atoms with Crippen LogP contribution in [-0.2, 0) is 0 Å². The van der Waals surface area contributed by atoms with Crippen molar-refractivity contribution in [3.05, 3.63) is 35.5 Å². The lowest BCUT2D eigenvalue weighted by Crippen LogP contribution is -2.49. The van der Waals surface area contributed by atoms with Crippen LogP contribution >= 0.6 is 11.6 Å². The molecule has 2 aliphatic rings. The van der Waals surface area contributed by atoms with Gasteiger partial charge >= 0.3 is 0 Å². The molecule has 3 atom stereocenters. The third-order valence-electron chi connectivity index (χ3n) is 5.44. The van der Waals surface area contributed by atoms with Crippen molar-refractivity contribution >= 4 is 28.2 Å². The fourth-order valence-electron chi connectivity index (χ4n) is 4.41. The van der Waals surface area contributed by atoms with Crippen molar-refractivity contribution in [2.75, 3.05) is 11.9 Å². The lowest BCUT2D eigenvalue weighted by atomic mass is 9.80. The van der Waals surface area contributed by atoms with Gasteiger partial charge in [-0.15, -0.1) is 0 Å². The van der Waals surface area contributed by atoms with Crippen molar-refractivity contribution in [3.63, 3.8) is 0 Å². The topological polar surface area (TPSA) is 50.9 Å². The Bertz CT molecular complexity index is 687. The molecule has 1 aromatic carbocycles. The summed E-state index contributed by atoms with van der Waals surface area (Å²) in [6.45, 7) is 0.686. The van der Waals surface area contributed by atoms with Crippen LogP contribution in [0.15, 0.2) is 30.5 Å². The molecule has 110 valence electrons. The highest BCUT2D eigenvalue weighted by Crippen LogP contribution is 2.52. The summed E-state index contributed by atoms with van der Waals surface area (Å²) in [5, 5.41) is 5.51. The van der Waals surface area contributed by atoms with Crippen LogP contribution in [0.1, 0.15) is 25.7 Å². The average molecular weight is 302 g/mol. The molecule has 1 heterocycles. The molecule has 4 heteroatoms. The second-order valence-electron chi connectivity index (χ2n) is 6.56. The number of nitrogens with two attached hydrogens (primary N) is 1. The molecule has 2 aromatic rings. The van der Waals surface area contributed by atoms with E-state index in [2.05, 4.69) is 10.3 Å². The highest BCUT2D eigenvalue weighted by atomic mass is 35.5. The summed E-state index contributed by atoms with van der Waals surface area (Å²) < 4.78 is 0. The van der Waals surface area contributed by atoms with Gasteiger partial charge < -0.3 is 11.1 Å². The molecule has 2 fully saturated rings. The van der Waals surface area contributed by atoms with E-state index in [0.29, 0.717) is 12.5 Å². The number of hydrogen-bond acceptors (Lipinski definition) is 3. The Labute approximate surface area is 129 Å². The molecule has 0 spiro atoms. The highest BCUT2D eigenvalue weighted by molar-refractivity contribution is 6.35. The van der Waals surface area contributed by atoms with Crippen molar-refractivity contribution in [2.24, 2.45) is 17.6 Å². The largest absolute Gasteiger partial charge is 0.376 e. The summed E-state index contributed by atoms with van der Waals surface area (Å²) in [6, 6.07) is 7.94. The third-order valence-corrected chi connectivity index (χ3v) is 5.77. The van der Waals surface area contributed by atoms with Gasteiger partial charge in [0.1, 0.15) is 0 Å². The zero-order valence-electron chi connectivity index (χ0n) is 12.0. The number of nitrogens with one attached hydrogen (secondary N) is 1. The normalized spacial score (nSPS) is 31.0. The Balaban J connectivity index is 1.76. The van der Waals surface area contributed by atoms with E-state index in [4.69, 9.17) is 17.3 Å². The smallest absolute Gasteiger partial charge is 0.0948 e. The number of aromatic nitrogens is 1. The van der Waals surface area contributed by atoms with Gasteiger partial charge in [-0.1, -0.05) is 11.6 Å². The van der Waals surface area contributed by atoms with E-state index in [1.165, 1.54) is 25.7 Å². The van der Waals surface area contributed by atoms with Gasteiger partial charge in [0, 0.05) is 18.1 Å². The quantitative estimate of drug-likeness (QED) is 0.906. The molecule has 2 bridgehead atoms. The van der Waals surface area contributed by atoms with E-state index < -0.39 is 0 Å². The molecular weight excluding hydrogens is 282 g/mol. The predicted octanol–water partition coefficient (Wildman–Crippen LogP) is 3.82. The van der Waals surface area contributed by atoms with Crippen molar-refractivity contribution < 1.29 is 0 Å². The maximum absolute atomic E-state index is 6.28. The van der Waals surface area contributed by atoms with Gasteiger partial charge in [-0.3, -0.25) is 4.98 Å². The Kier molecular flexibility index (Phi) is 3.09. The molecular formula is C17H20ClN3. The van der Waals surface area contributed by atoms with Crippen LogP contribution in [0.3, 0.4) is 0 Å². The predicted molar refractivity (Wildman–Crippen MR) is 87.6 cm³/mol. The van der Waals surface area contributed by atoms with E-state index in [1.54, 1.807) is 0 Å². The van der Waals surface area contributed by atoms with E-state index in [9.17, 15) is 0 Å². The Morgan fingerprint density at radius 2 is 2.24 bits per heavy atom. The van der Waals surface area contributed by atoms with Crippen LogP contribution < -0.4 is 11.1 Å². The molecule has 2 aliphatic carbocycles. The number of anilines is 1. The summed E-state index contributed by atoms with van der Waals surface area (Å²) in [5.74, 6) is 1.54. The maximum atomic E-state index is 6.28. The minimum absolute atomic E-state index is 0.0429. The zero-order valence-corrected chi connectivity index (χ0v) is 12.7. The van der Waals surface area contributed by atoms with Crippen molar-refractivity contribution in [2.45, 2.75) is 31.2 Å². The van der Waals surface area contributed by atoms with E-state index in [0.717, 1.165) is 27.5 Å². The number of nitrogens with zero attached hydrogens (tertiary/aromatic N) is 1. The first kappa shape index (κ1) is 13.4. The molecule has 0 radical (unpaired) electrons. The summed E-state index contributed by atoms with van der Waals surface area (Å²) in [4.78, 5) is 4.52. The fourth-order valence-corrected chi connectivity index (χ4v) is 4.62. The first-order valence-electron chi connectivity index (χ1n) is 7.73. The highest BCUT2D eigenvalue weighted by Gasteiger charge is 2.50. The monoisotopic (exact) mass is 301 g/mol. The lowest BCUT2D eigenvalue weighted by Gasteiger charge is -2.38. The zero-order chi connectivity index (χ0) is 14.4. The molecule has 3 N–H and O–H groups in total. The lowest BCUT2D eigenvalue weighted by molar-refractivity contribution is 0.306. The van der Waals surface area contributed by atoms with E-state index >= 15 is 0 Å². The summed E-state index contributed by atoms with van der Waals surface area (Å²) in [6.07, 6.45) is 7.00. The van der Waals surface area contributed by atoms with Gasteiger partial charge in [0.25, 0.3) is 0 Å². The molecule has 4 rings (SSSR count). The van der Waals surface area contributed by atoms with Gasteiger partial charge in [-0.2, -0.15) is 0 Å². The third kappa shape index (κ3) is 2.02. The van der Waals surface area contributed by atoms with Crippen molar-refractivity contribution in [1.82, 2.24) is 4.98 Å². The molecule has 3 unspecified atom stereocenters. The first-order chi connectivity index (χ1) is 10.2. The Morgan fingerprint density at radius 1 is 1.33 bits per heavy atom. The average Bonchev–Trinajstić information content (AvgIpc) is 3.12. The number of benzene rings is 1. The van der Waals surface area contributed by atoms with Gasteiger partial charge in [0.05, 0.1) is 21.8 Å². The minimum atomic E-state index is 0.0429. The van der Waals surface area contributed by atoms with Crippen LogP contribution in [0.4, 0.5) is 5.69 Å². The van der Waals surface area contributed by atoms with Gasteiger partial charge in [-0.05, 0) is 61.8 Å². The molecule has 0 amide bonds. The molecule has 1 aromatic heterocycles. The summed E-state index contributed by atoms with van der Waals surface area (Å²) in [5.41, 5.74) is 8.22. The van der Waals surface area contributed by atoms with Crippen molar-refractivity contribution in [1.29, 1.82) is 0 Å². The van der Waals surface area contributed by atoms with Gasteiger partial charge in [0.2, 0.25) is 0 Å². The summed E-state index contributed by atoms with van der Waals surface area (Å²) >= 11 is 6.28. The van der Waals surface area contributed by atoms with E-state index in [1.807, 2.05) is 30.5 Å². The second kappa shape index (κ2) is 4.85. The SMILES string of the molecule is NCC1(Nc2ccc(Cl)c3cccnc23)CC2CCC1C2. The van der Waals surface area contributed by atoms with Crippen LogP contribution in [0.25, 0.3) is 10.9 Å². The maximum Gasteiger partial charge on any atom is 0.0948 e. The van der Waals surface area contributed by atoms with Crippen LogP contribution in [-0.4, -0.2) is 17.1 Å². The number of rotatable bonds is 3. The second-order valence-corrected chi connectivity index (χ2v) is 6.97. The number of hydrogen-bond donors (Lipinski definition) is 2. The number of pyridine rings is 1. The van der Waals surface area contributed by atoms with Gasteiger partial charge in [-0.25, -0.2) is 0 Å². The fraction of sp³-hybridized carbons (Fsp3) is 0.471. The van der Waals surface area contributed by atoms with Crippen molar-refractivity contribution in [3.8, 4) is 0 Å². The van der Waals surface area contributed by atoms with Crippen LogP contribution in [0.2, 0.25) is 5.02 Å². The number of fused-ring (bicyclic) bond motifs is 3. The molecule has 0 saturated heterocycles. The molecule has 3 nitrogen and oxygen atoms in total. The first-order valence-corrected chi connectivity index (χ1v) is 8.11. The molecule has 2 saturated carbocycles. The molecule has 0 aliphatic heterocycles. The van der Waals surface area contributed by atoms with E-state index in [-0.39, 0.29) is 5.54 Å². The van der Waals surface area contributed by atoms with Gasteiger partial charge in [0.15, 0.2) is 0 Å².